The molecule has 0 saturated heterocycles. The molecular formula is C24H18N2O4. The number of carbonyl (C=O) groups is 3. The quantitative estimate of drug-likeness (QED) is 0.502. The van der Waals surface area contributed by atoms with Gasteiger partial charge in [-0.1, -0.05) is 48.0 Å². The van der Waals surface area contributed by atoms with Gasteiger partial charge < -0.3 is 10.1 Å². The van der Waals surface area contributed by atoms with E-state index in [9.17, 15) is 14.4 Å². The third kappa shape index (κ3) is 4.97. The molecule has 6 nitrogen and oxygen atoms in total. The van der Waals surface area contributed by atoms with E-state index in [1.54, 1.807) is 54.6 Å². The number of esters is 1. The normalized spacial score (nSPS) is 10.0. The van der Waals surface area contributed by atoms with Gasteiger partial charge >= 0.3 is 5.97 Å². The van der Waals surface area contributed by atoms with Crippen LogP contribution in [0.15, 0.2) is 72.8 Å². The van der Waals surface area contributed by atoms with Crippen molar-refractivity contribution in [3.63, 3.8) is 0 Å². The van der Waals surface area contributed by atoms with Crippen molar-refractivity contribution in [2.45, 2.75) is 6.92 Å². The number of nitriles is 1. The molecule has 0 bridgehead atoms. The molecule has 0 saturated carbocycles. The molecule has 3 aromatic carbocycles. The van der Waals surface area contributed by atoms with E-state index in [4.69, 9.17) is 10.00 Å². The minimum absolute atomic E-state index is 0.0919. The number of ether oxygens (including phenoxy) is 1. The second kappa shape index (κ2) is 9.30. The standard InChI is InChI=1S/C24H18N2O4/c1-16-6-10-18(11-7-16)23(28)20-4-2-3-5-21(20)24(29)30-15-22(27)26-19-12-8-17(14-25)9-13-19/h2-13H,15H2,1H3,(H,26,27). The number of benzene rings is 3. The molecule has 148 valence electrons. The van der Waals surface area contributed by atoms with Gasteiger partial charge in [0.2, 0.25) is 0 Å². The lowest BCUT2D eigenvalue weighted by Crippen LogP contribution is -2.22. The number of amides is 1. The van der Waals surface area contributed by atoms with Crippen LogP contribution in [0.3, 0.4) is 0 Å². The van der Waals surface area contributed by atoms with Gasteiger partial charge in [0.1, 0.15) is 0 Å². The number of ketones is 1. The lowest BCUT2D eigenvalue weighted by atomic mass is 9.98. The summed E-state index contributed by atoms with van der Waals surface area (Å²) in [5, 5.41) is 11.4. The Morgan fingerprint density at radius 2 is 1.53 bits per heavy atom. The fourth-order valence-electron chi connectivity index (χ4n) is 2.75. The molecule has 0 unspecified atom stereocenters. The average Bonchev–Trinajstić information content (AvgIpc) is 2.78. The highest BCUT2D eigenvalue weighted by Gasteiger charge is 2.20. The smallest absolute Gasteiger partial charge is 0.339 e. The number of hydrogen-bond donors (Lipinski definition) is 1. The highest BCUT2D eigenvalue weighted by Crippen LogP contribution is 2.17. The summed E-state index contributed by atoms with van der Waals surface area (Å²) in [6.45, 7) is 1.41. The molecule has 0 heterocycles. The Hall–Kier alpha value is -4.24. The zero-order valence-electron chi connectivity index (χ0n) is 16.2. The van der Waals surface area contributed by atoms with Crippen molar-refractivity contribution in [2.24, 2.45) is 0 Å². The molecule has 0 aromatic heterocycles. The highest BCUT2D eigenvalue weighted by molar-refractivity contribution is 6.14. The summed E-state index contributed by atoms with van der Waals surface area (Å²) in [7, 11) is 0. The molecule has 30 heavy (non-hydrogen) atoms. The SMILES string of the molecule is Cc1ccc(C(=O)c2ccccc2C(=O)OCC(=O)Nc2ccc(C#N)cc2)cc1. The molecule has 0 spiro atoms. The van der Waals surface area contributed by atoms with Crippen molar-refractivity contribution < 1.29 is 19.1 Å². The first-order valence-corrected chi connectivity index (χ1v) is 9.15. The molecule has 0 aliphatic carbocycles. The summed E-state index contributed by atoms with van der Waals surface area (Å²) in [4.78, 5) is 37.4. The Morgan fingerprint density at radius 3 is 2.17 bits per heavy atom. The molecule has 3 rings (SSSR count). The van der Waals surface area contributed by atoms with Crippen molar-refractivity contribution in [1.82, 2.24) is 0 Å². The maximum Gasteiger partial charge on any atom is 0.339 e. The molecule has 0 fully saturated rings. The average molecular weight is 398 g/mol. The molecule has 0 aliphatic rings. The van der Waals surface area contributed by atoms with Gasteiger partial charge in [0.25, 0.3) is 5.91 Å². The van der Waals surface area contributed by atoms with Gasteiger partial charge in [-0.05, 0) is 37.3 Å². The predicted octanol–water partition coefficient (Wildman–Crippen LogP) is 3.89. The molecular weight excluding hydrogens is 380 g/mol. The Morgan fingerprint density at radius 1 is 0.900 bits per heavy atom. The molecule has 1 amide bonds. The van der Waals surface area contributed by atoms with Crippen molar-refractivity contribution in [2.75, 3.05) is 11.9 Å². The van der Waals surface area contributed by atoms with Gasteiger partial charge in [-0.25, -0.2) is 4.79 Å². The minimum atomic E-state index is -0.763. The number of nitrogens with zero attached hydrogens (tertiary/aromatic N) is 1. The summed E-state index contributed by atoms with van der Waals surface area (Å²) in [5.74, 6) is -1.60. The Balaban J connectivity index is 1.67. The third-order valence-electron chi connectivity index (χ3n) is 4.34. The monoisotopic (exact) mass is 398 g/mol. The number of carbonyl (C=O) groups excluding carboxylic acids is 3. The maximum atomic E-state index is 12.8. The van der Waals surface area contributed by atoms with Crippen LogP contribution in [0.4, 0.5) is 5.69 Å². The number of nitrogens with one attached hydrogen (secondary N) is 1. The van der Waals surface area contributed by atoms with E-state index in [2.05, 4.69) is 5.32 Å². The van der Waals surface area contributed by atoms with E-state index in [0.29, 0.717) is 16.8 Å². The van der Waals surface area contributed by atoms with Gasteiger partial charge in [0.15, 0.2) is 12.4 Å². The van der Waals surface area contributed by atoms with E-state index in [0.717, 1.165) is 5.56 Å². The second-order valence-electron chi connectivity index (χ2n) is 6.55. The highest BCUT2D eigenvalue weighted by atomic mass is 16.5. The van der Waals surface area contributed by atoms with Crippen LogP contribution in [0.2, 0.25) is 0 Å². The van der Waals surface area contributed by atoms with Gasteiger partial charge in [0, 0.05) is 16.8 Å². The van der Waals surface area contributed by atoms with Crippen LogP contribution in [0.1, 0.15) is 37.4 Å². The summed E-state index contributed by atoms with van der Waals surface area (Å²) < 4.78 is 5.10. The van der Waals surface area contributed by atoms with Crippen LogP contribution in [0.5, 0.6) is 0 Å². The number of rotatable bonds is 6. The van der Waals surface area contributed by atoms with E-state index in [-0.39, 0.29) is 16.9 Å². The van der Waals surface area contributed by atoms with Crippen LogP contribution >= 0.6 is 0 Å². The Bertz CT molecular complexity index is 1130. The molecule has 6 heteroatoms. The van der Waals surface area contributed by atoms with E-state index < -0.39 is 18.5 Å². The molecule has 3 aromatic rings. The van der Waals surface area contributed by atoms with Crippen molar-refractivity contribution in [1.29, 1.82) is 5.26 Å². The lowest BCUT2D eigenvalue weighted by Gasteiger charge is -2.10. The van der Waals surface area contributed by atoms with Gasteiger partial charge in [-0.15, -0.1) is 0 Å². The number of aryl methyl sites for hydroxylation is 1. The third-order valence-corrected chi connectivity index (χ3v) is 4.34. The lowest BCUT2D eigenvalue weighted by molar-refractivity contribution is -0.119. The zero-order valence-corrected chi connectivity index (χ0v) is 16.2. The van der Waals surface area contributed by atoms with Crippen LogP contribution in [-0.4, -0.2) is 24.3 Å². The van der Waals surface area contributed by atoms with Gasteiger partial charge in [0.05, 0.1) is 17.2 Å². The fourth-order valence-corrected chi connectivity index (χ4v) is 2.75. The molecule has 0 radical (unpaired) electrons. The first kappa shape index (κ1) is 20.5. The van der Waals surface area contributed by atoms with Crippen molar-refractivity contribution in [3.8, 4) is 6.07 Å². The van der Waals surface area contributed by atoms with E-state index in [1.165, 1.54) is 6.07 Å². The van der Waals surface area contributed by atoms with E-state index in [1.807, 2.05) is 25.1 Å². The first-order valence-electron chi connectivity index (χ1n) is 9.15. The topological polar surface area (TPSA) is 96.3 Å². The Labute approximate surface area is 173 Å². The Kier molecular flexibility index (Phi) is 6.36. The zero-order chi connectivity index (χ0) is 21.5. The van der Waals surface area contributed by atoms with Crippen molar-refractivity contribution >= 4 is 23.3 Å². The number of hydrogen-bond acceptors (Lipinski definition) is 5. The molecule has 0 aliphatic heterocycles. The van der Waals surface area contributed by atoms with Crippen LogP contribution in [-0.2, 0) is 9.53 Å². The summed E-state index contributed by atoms with van der Waals surface area (Å²) in [6, 6.07) is 21.6. The molecule has 0 atom stereocenters. The van der Waals surface area contributed by atoms with Gasteiger partial charge in [-0.3, -0.25) is 9.59 Å². The number of anilines is 1. The van der Waals surface area contributed by atoms with Crippen LogP contribution < -0.4 is 5.32 Å². The summed E-state index contributed by atoms with van der Waals surface area (Å²) in [5.41, 5.74) is 2.72. The summed E-state index contributed by atoms with van der Waals surface area (Å²) in [6.07, 6.45) is 0. The van der Waals surface area contributed by atoms with Crippen LogP contribution in [0.25, 0.3) is 0 Å². The van der Waals surface area contributed by atoms with Crippen molar-refractivity contribution in [3.05, 3.63) is 101 Å². The predicted molar refractivity (Wildman–Crippen MR) is 111 cm³/mol. The second-order valence-corrected chi connectivity index (χ2v) is 6.55. The van der Waals surface area contributed by atoms with E-state index >= 15 is 0 Å². The first-order chi connectivity index (χ1) is 14.5. The summed E-state index contributed by atoms with van der Waals surface area (Å²) >= 11 is 0. The van der Waals surface area contributed by atoms with Crippen LogP contribution in [0, 0.1) is 18.3 Å². The largest absolute Gasteiger partial charge is 0.452 e. The maximum absolute atomic E-state index is 12.8. The fraction of sp³-hybridized carbons (Fsp3) is 0.0833. The molecule has 1 N–H and O–H groups in total. The minimum Gasteiger partial charge on any atom is -0.452 e. The van der Waals surface area contributed by atoms with Gasteiger partial charge in [-0.2, -0.15) is 5.26 Å².